The highest BCUT2D eigenvalue weighted by Gasteiger charge is 2.14. The van der Waals surface area contributed by atoms with Gasteiger partial charge in [0.2, 0.25) is 0 Å². The minimum Gasteiger partial charge on any atom is -0.352 e. The molecule has 4 heteroatoms. The van der Waals surface area contributed by atoms with E-state index in [1.54, 1.807) is 12.1 Å². The molecule has 142 valence electrons. The molecular formula is C25H21N3O. The third-order valence-electron chi connectivity index (χ3n) is 5.05. The van der Waals surface area contributed by atoms with Crippen molar-refractivity contribution in [3.05, 3.63) is 96.2 Å². The van der Waals surface area contributed by atoms with Crippen LogP contribution in [0.1, 0.15) is 22.3 Å². The van der Waals surface area contributed by atoms with E-state index in [4.69, 9.17) is 0 Å². The number of fused-ring (bicyclic) bond motifs is 1. The molecule has 0 aliphatic rings. The Hall–Kier alpha value is -3.84. The zero-order valence-corrected chi connectivity index (χ0v) is 16.0. The van der Waals surface area contributed by atoms with Crippen LogP contribution in [0.2, 0.25) is 0 Å². The minimum atomic E-state index is -0.120. The maximum Gasteiger partial charge on any atom is 0.251 e. The Morgan fingerprint density at radius 3 is 2.48 bits per heavy atom. The number of nitrogens with one attached hydrogen (secondary N) is 1. The first-order valence-electron chi connectivity index (χ1n) is 9.68. The van der Waals surface area contributed by atoms with Crippen molar-refractivity contribution < 1.29 is 4.79 Å². The third kappa shape index (κ3) is 3.90. The highest BCUT2D eigenvalue weighted by Crippen LogP contribution is 2.26. The van der Waals surface area contributed by atoms with Gasteiger partial charge in [0.1, 0.15) is 0 Å². The average molecular weight is 379 g/mol. The van der Waals surface area contributed by atoms with E-state index in [9.17, 15) is 10.1 Å². The van der Waals surface area contributed by atoms with Gasteiger partial charge in [0, 0.05) is 35.9 Å². The number of nitriles is 1. The molecule has 0 radical (unpaired) electrons. The summed E-state index contributed by atoms with van der Waals surface area (Å²) < 4.78 is 2.21. The molecule has 0 spiro atoms. The van der Waals surface area contributed by atoms with Crippen LogP contribution in [0.15, 0.2) is 85.1 Å². The van der Waals surface area contributed by atoms with Crippen LogP contribution in [-0.2, 0) is 6.54 Å². The van der Waals surface area contributed by atoms with Crippen LogP contribution in [0.4, 0.5) is 0 Å². The number of nitrogens with zero attached hydrogens (tertiary/aromatic N) is 2. The summed E-state index contributed by atoms with van der Waals surface area (Å²) >= 11 is 0. The number of carbonyl (C=O) groups is 1. The summed E-state index contributed by atoms with van der Waals surface area (Å²) in [6, 6.07) is 27.4. The number of aromatic nitrogens is 1. The van der Waals surface area contributed by atoms with Gasteiger partial charge < -0.3 is 9.88 Å². The number of amides is 1. The minimum absolute atomic E-state index is 0.120. The number of hydrogen-bond acceptors (Lipinski definition) is 2. The predicted octanol–water partition coefficient (Wildman–Crippen LogP) is 5.00. The van der Waals surface area contributed by atoms with Gasteiger partial charge in [-0.1, -0.05) is 54.6 Å². The Bertz CT molecular complexity index is 1200. The van der Waals surface area contributed by atoms with Crippen molar-refractivity contribution in [2.24, 2.45) is 0 Å². The molecular weight excluding hydrogens is 358 g/mol. The van der Waals surface area contributed by atoms with Crippen LogP contribution >= 0.6 is 0 Å². The molecule has 0 atom stereocenters. The largest absolute Gasteiger partial charge is 0.352 e. The molecule has 1 aromatic heterocycles. The van der Waals surface area contributed by atoms with E-state index >= 15 is 0 Å². The Morgan fingerprint density at radius 1 is 0.897 bits per heavy atom. The fraction of sp³-hybridized carbons (Fsp3) is 0.120. The van der Waals surface area contributed by atoms with E-state index < -0.39 is 0 Å². The van der Waals surface area contributed by atoms with E-state index in [0.717, 1.165) is 24.1 Å². The molecule has 0 saturated carbocycles. The van der Waals surface area contributed by atoms with Crippen molar-refractivity contribution in [1.29, 1.82) is 5.26 Å². The van der Waals surface area contributed by atoms with Crippen LogP contribution < -0.4 is 5.32 Å². The van der Waals surface area contributed by atoms with Crippen LogP contribution in [-0.4, -0.2) is 17.0 Å². The summed E-state index contributed by atoms with van der Waals surface area (Å²) in [6.07, 6.45) is 2.92. The first-order chi connectivity index (χ1) is 14.3. The lowest BCUT2D eigenvalue weighted by Gasteiger charge is -2.12. The van der Waals surface area contributed by atoms with Gasteiger partial charge >= 0.3 is 0 Å². The molecule has 0 saturated heterocycles. The molecule has 1 heterocycles. The number of carbonyl (C=O) groups excluding carboxylic acids is 1. The number of para-hydroxylation sites is 1. The van der Waals surface area contributed by atoms with Gasteiger partial charge in [0.05, 0.1) is 11.6 Å². The molecule has 4 nitrogen and oxygen atoms in total. The van der Waals surface area contributed by atoms with Crippen molar-refractivity contribution in [2.45, 2.75) is 13.0 Å². The molecule has 0 aliphatic carbocycles. The molecule has 29 heavy (non-hydrogen) atoms. The molecule has 0 unspecified atom stereocenters. The summed E-state index contributed by atoms with van der Waals surface area (Å²) in [5, 5.41) is 13.6. The Labute approximate surface area is 170 Å². The number of hydrogen-bond donors (Lipinski definition) is 1. The number of rotatable bonds is 6. The maximum atomic E-state index is 12.8. The van der Waals surface area contributed by atoms with Gasteiger partial charge in [-0.2, -0.15) is 5.26 Å². The van der Waals surface area contributed by atoms with E-state index in [1.165, 1.54) is 10.9 Å². The summed E-state index contributed by atoms with van der Waals surface area (Å²) in [6.45, 7) is 1.42. The Kier molecular flexibility index (Phi) is 5.40. The molecule has 4 aromatic rings. The van der Waals surface area contributed by atoms with Gasteiger partial charge in [-0.05, 0) is 41.6 Å². The smallest absolute Gasteiger partial charge is 0.251 e. The highest BCUT2D eigenvalue weighted by atomic mass is 16.1. The summed E-state index contributed by atoms with van der Waals surface area (Å²) in [5.41, 5.74) is 3.91. The molecule has 1 amide bonds. The third-order valence-corrected chi connectivity index (χ3v) is 5.05. The maximum absolute atomic E-state index is 12.8. The zero-order valence-electron chi connectivity index (χ0n) is 16.0. The second-order valence-corrected chi connectivity index (χ2v) is 6.88. The highest BCUT2D eigenvalue weighted by molar-refractivity contribution is 6.01. The van der Waals surface area contributed by atoms with Crippen molar-refractivity contribution >= 4 is 16.8 Å². The topological polar surface area (TPSA) is 57.8 Å². The van der Waals surface area contributed by atoms with E-state index in [0.29, 0.717) is 17.7 Å². The van der Waals surface area contributed by atoms with Crippen molar-refractivity contribution in [3.8, 4) is 17.2 Å². The zero-order chi connectivity index (χ0) is 20.1. The average Bonchev–Trinajstić information content (AvgIpc) is 3.19. The first kappa shape index (κ1) is 18.5. The van der Waals surface area contributed by atoms with Gasteiger partial charge in [-0.3, -0.25) is 4.79 Å². The molecule has 0 bridgehead atoms. The van der Waals surface area contributed by atoms with Gasteiger partial charge in [0.15, 0.2) is 0 Å². The Balaban J connectivity index is 1.44. The summed E-state index contributed by atoms with van der Waals surface area (Å²) in [5.74, 6) is -0.120. The number of benzene rings is 3. The first-order valence-corrected chi connectivity index (χ1v) is 9.68. The quantitative estimate of drug-likeness (QED) is 0.479. The van der Waals surface area contributed by atoms with E-state index in [-0.39, 0.29) is 5.91 Å². The lowest BCUT2D eigenvalue weighted by atomic mass is 9.95. The van der Waals surface area contributed by atoms with Crippen molar-refractivity contribution in [1.82, 2.24) is 9.88 Å². The van der Waals surface area contributed by atoms with E-state index in [2.05, 4.69) is 40.3 Å². The second-order valence-electron chi connectivity index (χ2n) is 6.88. The fourth-order valence-corrected chi connectivity index (χ4v) is 3.61. The monoisotopic (exact) mass is 379 g/mol. The van der Waals surface area contributed by atoms with Crippen molar-refractivity contribution in [2.75, 3.05) is 6.54 Å². The number of aryl methyl sites for hydroxylation is 1. The van der Waals surface area contributed by atoms with Gasteiger partial charge in [-0.15, -0.1) is 0 Å². The second kappa shape index (κ2) is 8.45. The van der Waals surface area contributed by atoms with E-state index in [1.807, 2.05) is 48.5 Å². The lowest BCUT2D eigenvalue weighted by molar-refractivity contribution is 0.0953. The van der Waals surface area contributed by atoms with Gasteiger partial charge in [-0.25, -0.2) is 0 Å². The Morgan fingerprint density at radius 2 is 1.62 bits per heavy atom. The molecule has 3 aromatic carbocycles. The molecule has 1 N–H and O–H groups in total. The van der Waals surface area contributed by atoms with Crippen LogP contribution in [0.5, 0.6) is 0 Å². The summed E-state index contributed by atoms with van der Waals surface area (Å²) in [7, 11) is 0. The van der Waals surface area contributed by atoms with Gasteiger partial charge in [0.25, 0.3) is 5.91 Å². The fourth-order valence-electron chi connectivity index (χ4n) is 3.61. The van der Waals surface area contributed by atoms with Crippen LogP contribution in [0.3, 0.4) is 0 Å². The standard InChI is InChI=1S/C25H21N3O/c26-18-20-9-1-3-10-21(20)22-11-4-5-12-23(22)25(29)27-15-7-16-28-17-14-19-8-2-6-13-24(19)28/h1-6,8-14,17H,7,15-16H2,(H,27,29). The summed E-state index contributed by atoms with van der Waals surface area (Å²) in [4.78, 5) is 12.8. The van der Waals surface area contributed by atoms with Crippen LogP contribution in [0, 0.1) is 11.3 Å². The molecule has 4 rings (SSSR count). The predicted molar refractivity (Wildman–Crippen MR) is 115 cm³/mol. The van der Waals surface area contributed by atoms with Crippen LogP contribution in [0.25, 0.3) is 22.0 Å². The normalized spacial score (nSPS) is 10.6. The van der Waals surface area contributed by atoms with Crippen molar-refractivity contribution in [3.63, 3.8) is 0 Å². The molecule has 0 fully saturated rings. The molecule has 0 aliphatic heterocycles. The lowest BCUT2D eigenvalue weighted by Crippen LogP contribution is -2.25. The SMILES string of the molecule is N#Cc1ccccc1-c1ccccc1C(=O)NCCCn1ccc2ccccc21.